The second-order valence-electron chi connectivity index (χ2n) is 7.82. The van der Waals surface area contributed by atoms with Gasteiger partial charge in [0.25, 0.3) is 5.91 Å². The summed E-state index contributed by atoms with van der Waals surface area (Å²) in [5.74, 6) is -0.648. The third-order valence-electron chi connectivity index (χ3n) is 5.66. The number of oxime groups is 1. The van der Waals surface area contributed by atoms with Gasteiger partial charge in [-0.05, 0) is 31.4 Å². The minimum atomic E-state index is -3.54. The molecular formula is C21H24FN3O6S2. The van der Waals surface area contributed by atoms with E-state index in [4.69, 9.17) is 14.3 Å². The Labute approximate surface area is 194 Å². The molecule has 9 nitrogen and oxygen atoms in total. The van der Waals surface area contributed by atoms with Crippen molar-refractivity contribution in [3.63, 3.8) is 0 Å². The lowest BCUT2D eigenvalue weighted by Crippen LogP contribution is -2.25. The number of thiazole rings is 1. The molecule has 2 heterocycles. The average molecular weight is 498 g/mol. The average Bonchev–Trinajstić information content (AvgIpc) is 3.57. The number of amides is 1. The van der Waals surface area contributed by atoms with Crippen LogP contribution in [0, 0.1) is 5.13 Å². The Bertz CT molecular complexity index is 1110. The molecule has 1 saturated heterocycles. The van der Waals surface area contributed by atoms with Crippen molar-refractivity contribution in [1.29, 1.82) is 0 Å². The SMILES string of the molecule is CO[C@@H]1CC[C@@H](ON=C(C(=O)Nc2ncc(F)s2)c2ccc(S(=O)(=O)[C@H]3CCOC3)cc2)C1. The number of benzene rings is 1. The fourth-order valence-corrected chi connectivity index (χ4v) is 5.91. The molecule has 1 aliphatic carbocycles. The van der Waals surface area contributed by atoms with E-state index in [0.29, 0.717) is 36.3 Å². The molecule has 178 valence electrons. The van der Waals surface area contributed by atoms with Crippen LogP contribution in [0.15, 0.2) is 40.5 Å². The molecule has 1 saturated carbocycles. The number of aromatic nitrogens is 1. The lowest BCUT2D eigenvalue weighted by molar-refractivity contribution is -0.110. The van der Waals surface area contributed by atoms with E-state index in [0.717, 1.165) is 19.0 Å². The van der Waals surface area contributed by atoms with Crippen molar-refractivity contribution in [2.75, 3.05) is 25.6 Å². The van der Waals surface area contributed by atoms with E-state index in [1.807, 2.05) is 0 Å². The van der Waals surface area contributed by atoms with E-state index in [1.54, 1.807) is 7.11 Å². The number of carbonyl (C=O) groups is 1. The predicted molar refractivity (Wildman–Crippen MR) is 120 cm³/mol. The zero-order valence-electron chi connectivity index (χ0n) is 17.9. The van der Waals surface area contributed by atoms with E-state index >= 15 is 0 Å². The molecular weight excluding hydrogens is 473 g/mol. The number of sulfone groups is 1. The second-order valence-corrected chi connectivity index (χ2v) is 11.0. The molecule has 0 radical (unpaired) electrons. The molecule has 1 aliphatic heterocycles. The van der Waals surface area contributed by atoms with Crippen LogP contribution in [-0.2, 0) is 28.9 Å². The molecule has 4 rings (SSSR count). The maximum atomic E-state index is 13.3. The van der Waals surface area contributed by atoms with Crippen LogP contribution in [0.3, 0.4) is 0 Å². The lowest BCUT2D eigenvalue weighted by atomic mass is 10.1. The Kier molecular flexibility index (Phi) is 7.37. The molecule has 1 aromatic heterocycles. The van der Waals surface area contributed by atoms with Crippen molar-refractivity contribution >= 4 is 37.9 Å². The highest BCUT2D eigenvalue weighted by Crippen LogP contribution is 2.26. The molecule has 12 heteroatoms. The largest absolute Gasteiger partial charge is 0.392 e. The number of anilines is 1. The van der Waals surface area contributed by atoms with Crippen LogP contribution in [0.25, 0.3) is 0 Å². The lowest BCUT2D eigenvalue weighted by Gasteiger charge is -2.13. The third kappa shape index (κ3) is 5.57. The first-order valence-electron chi connectivity index (χ1n) is 10.5. The quantitative estimate of drug-likeness (QED) is 0.440. The van der Waals surface area contributed by atoms with Crippen LogP contribution < -0.4 is 5.32 Å². The minimum Gasteiger partial charge on any atom is -0.392 e. The number of methoxy groups -OCH3 is 1. The molecule has 0 unspecified atom stereocenters. The third-order valence-corrected chi connectivity index (χ3v) is 8.54. The molecule has 1 amide bonds. The van der Waals surface area contributed by atoms with Crippen LogP contribution >= 0.6 is 11.3 Å². The Hall–Kier alpha value is -2.41. The molecule has 0 bridgehead atoms. The first-order chi connectivity index (χ1) is 15.9. The number of nitrogens with zero attached hydrogens (tertiary/aromatic N) is 2. The second kappa shape index (κ2) is 10.2. The maximum absolute atomic E-state index is 13.3. The van der Waals surface area contributed by atoms with Crippen molar-refractivity contribution in [1.82, 2.24) is 4.98 Å². The van der Waals surface area contributed by atoms with Crippen LogP contribution in [0.5, 0.6) is 0 Å². The van der Waals surface area contributed by atoms with Gasteiger partial charge in [0.15, 0.2) is 25.8 Å². The van der Waals surface area contributed by atoms with Crippen molar-refractivity contribution in [2.45, 2.75) is 48.0 Å². The highest BCUT2D eigenvalue weighted by atomic mass is 32.2. The summed E-state index contributed by atoms with van der Waals surface area (Å²) in [6, 6.07) is 5.87. The van der Waals surface area contributed by atoms with Crippen LogP contribution in [-0.4, -0.2) is 62.8 Å². The summed E-state index contributed by atoms with van der Waals surface area (Å²) in [5.41, 5.74) is 0.284. The molecule has 2 aromatic rings. The van der Waals surface area contributed by atoms with E-state index < -0.39 is 26.1 Å². The number of ether oxygens (including phenoxy) is 2. The minimum absolute atomic E-state index is 0.0698. The molecule has 33 heavy (non-hydrogen) atoms. The summed E-state index contributed by atoms with van der Waals surface area (Å²) in [7, 11) is -1.91. The smallest absolute Gasteiger partial charge is 0.280 e. The van der Waals surface area contributed by atoms with Gasteiger partial charge in [-0.15, -0.1) is 0 Å². The monoisotopic (exact) mass is 497 g/mol. The van der Waals surface area contributed by atoms with Crippen LogP contribution in [0.4, 0.5) is 9.52 Å². The number of carbonyl (C=O) groups excluding carboxylic acids is 1. The Balaban J connectivity index is 1.56. The summed E-state index contributed by atoms with van der Waals surface area (Å²) in [4.78, 5) is 22.4. The van der Waals surface area contributed by atoms with Gasteiger partial charge in [-0.2, -0.15) is 4.39 Å². The molecule has 2 fully saturated rings. The highest BCUT2D eigenvalue weighted by molar-refractivity contribution is 7.92. The summed E-state index contributed by atoms with van der Waals surface area (Å²) in [6.07, 6.45) is 3.52. The summed E-state index contributed by atoms with van der Waals surface area (Å²) in [5, 5.41) is 5.54. The van der Waals surface area contributed by atoms with E-state index in [-0.39, 0.29) is 34.6 Å². The molecule has 3 atom stereocenters. The van der Waals surface area contributed by atoms with Crippen molar-refractivity contribution < 1.29 is 31.9 Å². The van der Waals surface area contributed by atoms with Gasteiger partial charge in [-0.25, -0.2) is 13.4 Å². The van der Waals surface area contributed by atoms with Gasteiger partial charge in [-0.3, -0.25) is 10.1 Å². The van der Waals surface area contributed by atoms with Gasteiger partial charge in [0.05, 0.1) is 29.1 Å². The fraction of sp³-hybridized carbons (Fsp3) is 0.476. The van der Waals surface area contributed by atoms with Crippen LogP contribution in [0.2, 0.25) is 0 Å². The van der Waals surface area contributed by atoms with E-state index in [9.17, 15) is 17.6 Å². The maximum Gasteiger partial charge on any atom is 0.280 e. The van der Waals surface area contributed by atoms with Gasteiger partial charge in [0, 0.05) is 25.7 Å². The van der Waals surface area contributed by atoms with Gasteiger partial charge in [0.2, 0.25) is 0 Å². The molecule has 1 aromatic carbocycles. The van der Waals surface area contributed by atoms with Gasteiger partial charge in [0.1, 0.15) is 6.10 Å². The number of rotatable bonds is 8. The summed E-state index contributed by atoms with van der Waals surface area (Å²) in [6.45, 7) is 0.583. The van der Waals surface area contributed by atoms with Crippen LogP contribution in [0.1, 0.15) is 31.2 Å². The summed E-state index contributed by atoms with van der Waals surface area (Å²) >= 11 is 0.682. The molecule has 1 N–H and O–H groups in total. The standard InChI is InChI=1S/C21H24FN3O6S2/c1-29-14-4-5-15(10-14)31-25-19(20(26)24-21-23-11-18(22)32-21)13-2-6-16(7-3-13)33(27,28)17-8-9-30-12-17/h2-3,6-7,11,14-15,17H,4-5,8-10,12H2,1H3,(H,23,24,26)/t14-,15-,17+/m1/s1. The zero-order chi connectivity index (χ0) is 23.4. The topological polar surface area (TPSA) is 116 Å². The summed E-state index contributed by atoms with van der Waals surface area (Å²) < 4.78 is 49.4. The number of hydrogen-bond acceptors (Lipinski definition) is 9. The zero-order valence-corrected chi connectivity index (χ0v) is 19.5. The van der Waals surface area contributed by atoms with Gasteiger partial charge >= 0.3 is 0 Å². The first kappa shape index (κ1) is 23.7. The van der Waals surface area contributed by atoms with E-state index in [2.05, 4.69) is 15.5 Å². The van der Waals surface area contributed by atoms with Gasteiger partial charge in [-0.1, -0.05) is 28.6 Å². The fourth-order valence-electron chi connectivity index (χ4n) is 3.78. The van der Waals surface area contributed by atoms with Crippen molar-refractivity contribution in [3.05, 3.63) is 41.2 Å². The number of nitrogens with one attached hydrogen (secondary N) is 1. The normalized spacial score (nSPS) is 23.6. The molecule has 2 aliphatic rings. The van der Waals surface area contributed by atoms with E-state index in [1.165, 1.54) is 24.3 Å². The molecule has 0 spiro atoms. The Morgan fingerprint density at radius 3 is 2.61 bits per heavy atom. The first-order valence-corrected chi connectivity index (χ1v) is 12.8. The predicted octanol–water partition coefficient (Wildman–Crippen LogP) is 2.77. The van der Waals surface area contributed by atoms with Crippen molar-refractivity contribution in [3.8, 4) is 0 Å². The Morgan fingerprint density at radius 1 is 1.24 bits per heavy atom. The number of hydrogen-bond donors (Lipinski definition) is 1. The highest BCUT2D eigenvalue weighted by Gasteiger charge is 2.31. The van der Waals surface area contributed by atoms with Crippen molar-refractivity contribution in [2.24, 2.45) is 5.16 Å². The van der Waals surface area contributed by atoms with Gasteiger partial charge < -0.3 is 14.3 Å². The number of halogens is 1. The Morgan fingerprint density at radius 2 is 2.00 bits per heavy atom.